The van der Waals surface area contributed by atoms with Crippen LogP contribution in [-0.2, 0) is 4.79 Å². The molecule has 17 heavy (non-hydrogen) atoms. The third-order valence-corrected chi connectivity index (χ3v) is 3.94. The van der Waals surface area contributed by atoms with Crippen LogP contribution in [0.5, 0.6) is 0 Å². The Morgan fingerprint density at radius 3 is 2.82 bits per heavy atom. The molecule has 2 aliphatic rings. The highest BCUT2D eigenvalue weighted by molar-refractivity contribution is 5.78. The molecule has 3 N–H and O–H groups in total. The smallest absolute Gasteiger partial charge is 0.224 e. The number of rotatable bonds is 3. The van der Waals surface area contributed by atoms with Gasteiger partial charge < -0.3 is 11.1 Å². The normalized spacial score (nSPS) is 29.6. The first kappa shape index (κ1) is 12.6. The van der Waals surface area contributed by atoms with Gasteiger partial charge in [-0.3, -0.25) is 4.79 Å². The van der Waals surface area contributed by atoms with Crippen molar-refractivity contribution in [3.8, 4) is 0 Å². The van der Waals surface area contributed by atoms with Gasteiger partial charge >= 0.3 is 0 Å². The fourth-order valence-corrected chi connectivity index (χ4v) is 2.87. The molecule has 1 saturated carbocycles. The molecule has 0 aromatic carbocycles. The van der Waals surface area contributed by atoms with E-state index in [2.05, 4.69) is 11.4 Å². The minimum Gasteiger partial charge on any atom is -0.352 e. The molecule has 3 heteroatoms. The quantitative estimate of drug-likeness (QED) is 0.738. The summed E-state index contributed by atoms with van der Waals surface area (Å²) in [5.74, 6) is 0.167. The van der Waals surface area contributed by atoms with Crippen LogP contribution in [0.4, 0.5) is 0 Å². The van der Waals surface area contributed by atoms with Crippen molar-refractivity contribution < 1.29 is 4.79 Å². The van der Waals surface area contributed by atoms with E-state index in [0.29, 0.717) is 6.42 Å². The maximum Gasteiger partial charge on any atom is 0.224 e. The molecule has 0 aromatic rings. The predicted octanol–water partition coefficient (Wildman–Crippen LogP) is 2.26. The SMILES string of the molecule is N[C@@H]1CCCC[C@H]1NC(=O)CC1=CCCCC1. The summed E-state index contributed by atoms with van der Waals surface area (Å²) in [6, 6.07) is 0.369. The lowest BCUT2D eigenvalue weighted by atomic mass is 9.90. The summed E-state index contributed by atoms with van der Waals surface area (Å²) in [4.78, 5) is 11.9. The van der Waals surface area contributed by atoms with Crippen LogP contribution in [0.25, 0.3) is 0 Å². The summed E-state index contributed by atoms with van der Waals surface area (Å²) in [6.07, 6.45) is 12.1. The Kier molecular flexibility index (Phi) is 4.60. The van der Waals surface area contributed by atoms with E-state index in [1.807, 2.05) is 0 Å². The highest BCUT2D eigenvalue weighted by Crippen LogP contribution is 2.21. The maximum absolute atomic E-state index is 11.9. The highest BCUT2D eigenvalue weighted by Gasteiger charge is 2.23. The van der Waals surface area contributed by atoms with Crippen molar-refractivity contribution in [3.05, 3.63) is 11.6 Å². The summed E-state index contributed by atoms with van der Waals surface area (Å²) in [6.45, 7) is 0. The average molecular weight is 236 g/mol. The molecule has 1 amide bonds. The molecular formula is C14H24N2O. The molecule has 0 saturated heterocycles. The van der Waals surface area contributed by atoms with Crippen molar-refractivity contribution >= 4 is 5.91 Å². The second-order valence-electron chi connectivity index (χ2n) is 5.41. The van der Waals surface area contributed by atoms with Gasteiger partial charge in [-0.05, 0) is 38.5 Å². The highest BCUT2D eigenvalue weighted by atomic mass is 16.1. The molecule has 0 aliphatic heterocycles. The van der Waals surface area contributed by atoms with E-state index in [0.717, 1.165) is 25.7 Å². The third kappa shape index (κ3) is 3.84. The Hall–Kier alpha value is -0.830. The molecule has 0 aromatic heterocycles. The monoisotopic (exact) mass is 236 g/mol. The molecular weight excluding hydrogens is 212 g/mol. The van der Waals surface area contributed by atoms with Crippen LogP contribution in [0.2, 0.25) is 0 Å². The molecule has 0 radical (unpaired) electrons. The number of allylic oxidation sites excluding steroid dienone is 1. The van der Waals surface area contributed by atoms with Crippen LogP contribution in [0.15, 0.2) is 11.6 Å². The van der Waals surface area contributed by atoms with E-state index in [4.69, 9.17) is 5.73 Å². The number of hydrogen-bond acceptors (Lipinski definition) is 2. The summed E-state index contributed by atoms with van der Waals surface area (Å²) >= 11 is 0. The fourth-order valence-electron chi connectivity index (χ4n) is 2.87. The van der Waals surface area contributed by atoms with E-state index in [-0.39, 0.29) is 18.0 Å². The van der Waals surface area contributed by atoms with E-state index in [1.54, 1.807) is 0 Å². The molecule has 0 unspecified atom stereocenters. The van der Waals surface area contributed by atoms with E-state index < -0.39 is 0 Å². The van der Waals surface area contributed by atoms with E-state index >= 15 is 0 Å². The van der Waals surface area contributed by atoms with Gasteiger partial charge in [0, 0.05) is 18.5 Å². The minimum atomic E-state index is 0.160. The third-order valence-electron chi connectivity index (χ3n) is 3.94. The van der Waals surface area contributed by atoms with Crippen molar-refractivity contribution in [2.24, 2.45) is 5.73 Å². The van der Waals surface area contributed by atoms with Gasteiger partial charge in [-0.25, -0.2) is 0 Å². The number of nitrogens with one attached hydrogen (secondary N) is 1. The van der Waals surface area contributed by atoms with Crippen molar-refractivity contribution in [1.29, 1.82) is 0 Å². The molecule has 0 heterocycles. The number of carbonyl (C=O) groups excluding carboxylic acids is 1. The van der Waals surface area contributed by atoms with Gasteiger partial charge in [-0.15, -0.1) is 0 Å². The lowest BCUT2D eigenvalue weighted by molar-refractivity contribution is -0.121. The van der Waals surface area contributed by atoms with Gasteiger partial charge in [0.05, 0.1) is 0 Å². The maximum atomic E-state index is 11.9. The van der Waals surface area contributed by atoms with Crippen LogP contribution in [0.1, 0.15) is 57.8 Å². The molecule has 0 bridgehead atoms. The van der Waals surface area contributed by atoms with Crippen molar-refractivity contribution in [2.45, 2.75) is 69.9 Å². The van der Waals surface area contributed by atoms with Gasteiger partial charge in [0.1, 0.15) is 0 Å². The Labute approximate surface area is 104 Å². The summed E-state index contributed by atoms with van der Waals surface area (Å²) in [5.41, 5.74) is 7.35. The van der Waals surface area contributed by atoms with Crippen LogP contribution < -0.4 is 11.1 Å². The first-order valence-corrected chi connectivity index (χ1v) is 6.98. The zero-order valence-electron chi connectivity index (χ0n) is 10.6. The number of hydrogen-bond donors (Lipinski definition) is 2. The van der Waals surface area contributed by atoms with Gasteiger partial charge in [-0.1, -0.05) is 24.5 Å². The second-order valence-corrected chi connectivity index (χ2v) is 5.41. The van der Waals surface area contributed by atoms with Crippen molar-refractivity contribution in [3.63, 3.8) is 0 Å². The second kappa shape index (κ2) is 6.20. The molecule has 96 valence electrons. The van der Waals surface area contributed by atoms with E-state index in [1.165, 1.54) is 31.3 Å². The Morgan fingerprint density at radius 2 is 2.12 bits per heavy atom. The van der Waals surface area contributed by atoms with Crippen molar-refractivity contribution in [1.82, 2.24) is 5.32 Å². The number of carbonyl (C=O) groups is 1. The molecule has 2 aliphatic carbocycles. The summed E-state index contributed by atoms with van der Waals surface area (Å²) in [5, 5.41) is 3.11. The van der Waals surface area contributed by atoms with Gasteiger partial charge in [-0.2, -0.15) is 0 Å². The van der Waals surface area contributed by atoms with Gasteiger partial charge in [0.25, 0.3) is 0 Å². The van der Waals surface area contributed by atoms with E-state index in [9.17, 15) is 4.79 Å². The molecule has 2 atom stereocenters. The van der Waals surface area contributed by atoms with Crippen molar-refractivity contribution in [2.75, 3.05) is 0 Å². The number of amides is 1. The molecule has 1 fully saturated rings. The molecule has 2 rings (SSSR count). The zero-order chi connectivity index (χ0) is 12.1. The molecule has 3 nitrogen and oxygen atoms in total. The Morgan fingerprint density at radius 1 is 1.29 bits per heavy atom. The van der Waals surface area contributed by atoms with Gasteiger partial charge in [0.2, 0.25) is 5.91 Å². The first-order chi connectivity index (χ1) is 8.25. The minimum absolute atomic E-state index is 0.160. The van der Waals surface area contributed by atoms with Crippen LogP contribution in [0.3, 0.4) is 0 Å². The van der Waals surface area contributed by atoms with Crippen LogP contribution >= 0.6 is 0 Å². The number of nitrogens with two attached hydrogens (primary N) is 1. The average Bonchev–Trinajstić information content (AvgIpc) is 2.33. The Bertz CT molecular complexity index is 299. The standard InChI is InChI=1S/C14H24N2O/c15-12-8-4-5-9-13(12)16-14(17)10-11-6-2-1-3-7-11/h6,12-13H,1-5,7-10,15H2,(H,16,17)/t12-,13-/m1/s1. The van der Waals surface area contributed by atoms with Crippen LogP contribution in [-0.4, -0.2) is 18.0 Å². The summed E-state index contributed by atoms with van der Waals surface area (Å²) < 4.78 is 0. The first-order valence-electron chi connectivity index (χ1n) is 6.98. The Balaban J connectivity index is 1.78. The predicted molar refractivity (Wildman–Crippen MR) is 69.5 cm³/mol. The fraction of sp³-hybridized carbons (Fsp3) is 0.786. The van der Waals surface area contributed by atoms with Crippen LogP contribution in [0, 0.1) is 0 Å². The van der Waals surface area contributed by atoms with Gasteiger partial charge in [0.15, 0.2) is 0 Å². The topological polar surface area (TPSA) is 55.1 Å². The summed E-state index contributed by atoms with van der Waals surface area (Å²) in [7, 11) is 0. The lowest BCUT2D eigenvalue weighted by Crippen LogP contribution is -2.49. The lowest BCUT2D eigenvalue weighted by Gasteiger charge is -2.29. The zero-order valence-corrected chi connectivity index (χ0v) is 10.6. The molecule has 0 spiro atoms. The largest absolute Gasteiger partial charge is 0.352 e.